The van der Waals surface area contributed by atoms with E-state index in [1.165, 1.54) is 12.8 Å². The highest BCUT2D eigenvalue weighted by Crippen LogP contribution is 2.27. The van der Waals surface area contributed by atoms with E-state index in [1.807, 2.05) is 4.90 Å². The van der Waals surface area contributed by atoms with Gasteiger partial charge in [0, 0.05) is 32.2 Å². The van der Waals surface area contributed by atoms with Gasteiger partial charge in [-0.2, -0.15) is 0 Å². The molecule has 1 amide bonds. The molecule has 6 nitrogen and oxygen atoms in total. The van der Waals surface area contributed by atoms with Gasteiger partial charge >= 0.3 is 0 Å². The maximum atomic E-state index is 12.0. The van der Waals surface area contributed by atoms with Crippen LogP contribution in [-0.2, 0) is 4.79 Å². The van der Waals surface area contributed by atoms with Gasteiger partial charge in [0.15, 0.2) is 5.84 Å². The summed E-state index contributed by atoms with van der Waals surface area (Å²) in [6, 6.07) is 0.758. The van der Waals surface area contributed by atoms with Gasteiger partial charge in [0.1, 0.15) is 0 Å². The lowest BCUT2D eigenvalue weighted by atomic mass is 10.1. The second-order valence-electron chi connectivity index (χ2n) is 4.84. The number of carbonyl (C=O) groups is 1. The third-order valence-electron chi connectivity index (χ3n) is 3.62. The summed E-state index contributed by atoms with van der Waals surface area (Å²) >= 11 is 0. The Bertz CT molecular complexity index is 319. The van der Waals surface area contributed by atoms with Crippen LogP contribution < -0.4 is 5.73 Å². The van der Waals surface area contributed by atoms with Crippen LogP contribution in [0.2, 0.25) is 0 Å². The van der Waals surface area contributed by atoms with Crippen LogP contribution >= 0.6 is 0 Å². The molecule has 1 aliphatic carbocycles. The molecule has 1 saturated heterocycles. The maximum absolute atomic E-state index is 12.0. The van der Waals surface area contributed by atoms with Crippen LogP contribution in [0.3, 0.4) is 0 Å². The minimum atomic E-state index is -0.535. The molecule has 2 rings (SSSR count). The lowest BCUT2D eigenvalue weighted by Gasteiger charge is -2.35. The van der Waals surface area contributed by atoms with Gasteiger partial charge < -0.3 is 15.8 Å². The number of hydrogen-bond acceptors (Lipinski definition) is 4. The summed E-state index contributed by atoms with van der Waals surface area (Å²) in [5, 5.41) is 11.5. The summed E-state index contributed by atoms with van der Waals surface area (Å²) in [7, 11) is 0. The van der Waals surface area contributed by atoms with Gasteiger partial charge in [-0.1, -0.05) is 5.16 Å². The zero-order valence-corrected chi connectivity index (χ0v) is 10.2. The van der Waals surface area contributed by atoms with Crippen molar-refractivity contribution in [1.29, 1.82) is 0 Å². The normalized spacial score (nSPS) is 24.8. The first-order valence-corrected chi connectivity index (χ1v) is 6.13. The van der Waals surface area contributed by atoms with Crippen LogP contribution in [-0.4, -0.2) is 59.0 Å². The van der Waals surface area contributed by atoms with Gasteiger partial charge in [-0.25, -0.2) is 0 Å². The molecule has 0 bridgehead atoms. The van der Waals surface area contributed by atoms with Gasteiger partial charge in [0.2, 0.25) is 5.91 Å². The number of carbonyl (C=O) groups excluding carboxylic acids is 1. The number of piperazine rings is 1. The smallest absolute Gasteiger partial charge is 0.233 e. The molecular formula is C11H20N4O2. The number of rotatable bonds is 3. The topological polar surface area (TPSA) is 82.2 Å². The van der Waals surface area contributed by atoms with Crippen LogP contribution in [0.4, 0.5) is 0 Å². The standard InChI is InChI=1S/C11H20N4O2/c1-8(10(12)13-17)11(16)15-6-4-14(5-7-15)9-2-3-9/h8-9,17H,2-7H2,1H3,(H2,12,13). The molecule has 0 aromatic heterocycles. The van der Waals surface area contributed by atoms with Crippen molar-refractivity contribution >= 4 is 11.7 Å². The number of hydrogen-bond donors (Lipinski definition) is 2. The van der Waals surface area contributed by atoms with E-state index in [0.717, 1.165) is 32.2 Å². The summed E-state index contributed by atoms with van der Waals surface area (Å²) in [6.45, 7) is 5.06. The summed E-state index contributed by atoms with van der Waals surface area (Å²) in [6.07, 6.45) is 2.60. The van der Waals surface area contributed by atoms with Crippen LogP contribution in [0, 0.1) is 5.92 Å². The summed E-state index contributed by atoms with van der Waals surface area (Å²) in [4.78, 5) is 16.3. The number of nitrogens with zero attached hydrogens (tertiary/aromatic N) is 3. The Kier molecular flexibility index (Phi) is 3.51. The van der Waals surface area contributed by atoms with Crippen LogP contribution in [0.1, 0.15) is 19.8 Å². The Hall–Kier alpha value is -1.30. The molecule has 3 N–H and O–H groups in total. The summed E-state index contributed by atoms with van der Waals surface area (Å²) < 4.78 is 0. The van der Waals surface area contributed by atoms with Gasteiger partial charge in [-0.3, -0.25) is 9.69 Å². The number of oxime groups is 1. The van der Waals surface area contributed by atoms with E-state index >= 15 is 0 Å². The molecular weight excluding hydrogens is 220 g/mol. The third kappa shape index (κ3) is 2.69. The molecule has 2 aliphatic rings. The van der Waals surface area contributed by atoms with E-state index < -0.39 is 5.92 Å². The quantitative estimate of drug-likeness (QED) is 0.306. The van der Waals surface area contributed by atoms with Crippen LogP contribution in [0.5, 0.6) is 0 Å². The zero-order valence-electron chi connectivity index (χ0n) is 10.2. The second-order valence-corrected chi connectivity index (χ2v) is 4.84. The van der Waals surface area contributed by atoms with Gasteiger partial charge in [-0.05, 0) is 19.8 Å². The Balaban J connectivity index is 1.85. The van der Waals surface area contributed by atoms with E-state index in [2.05, 4.69) is 10.1 Å². The predicted octanol–water partition coefficient (Wildman–Crippen LogP) is -0.324. The van der Waals surface area contributed by atoms with Crippen molar-refractivity contribution < 1.29 is 10.0 Å². The fourth-order valence-electron chi connectivity index (χ4n) is 2.23. The molecule has 96 valence electrons. The van der Waals surface area contributed by atoms with E-state index in [-0.39, 0.29) is 11.7 Å². The molecule has 0 spiro atoms. The molecule has 2 fully saturated rings. The molecule has 0 aromatic carbocycles. The Morgan fingerprint density at radius 3 is 2.41 bits per heavy atom. The molecule has 0 radical (unpaired) electrons. The maximum Gasteiger partial charge on any atom is 0.233 e. The molecule has 1 saturated carbocycles. The van der Waals surface area contributed by atoms with E-state index in [0.29, 0.717) is 0 Å². The van der Waals surface area contributed by atoms with Crippen LogP contribution in [0.15, 0.2) is 5.16 Å². The molecule has 1 unspecified atom stereocenters. The number of amidine groups is 1. The van der Waals surface area contributed by atoms with Gasteiger partial charge in [-0.15, -0.1) is 0 Å². The minimum absolute atomic E-state index is 0.0142. The van der Waals surface area contributed by atoms with E-state index in [1.54, 1.807) is 6.92 Å². The lowest BCUT2D eigenvalue weighted by molar-refractivity contribution is -0.134. The van der Waals surface area contributed by atoms with Gasteiger partial charge in [0.25, 0.3) is 0 Å². The highest BCUT2D eigenvalue weighted by atomic mass is 16.4. The Morgan fingerprint density at radius 1 is 1.35 bits per heavy atom. The fourth-order valence-corrected chi connectivity index (χ4v) is 2.23. The first-order chi connectivity index (χ1) is 8.13. The zero-order chi connectivity index (χ0) is 12.4. The molecule has 1 atom stereocenters. The summed E-state index contributed by atoms with van der Waals surface area (Å²) in [5.74, 6) is -0.595. The SMILES string of the molecule is CC(C(=O)N1CCN(C2CC2)CC1)C(N)=NO. The Labute approximate surface area is 101 Å². The van der Waals surface area contributed by atoms with Crippen LogP contribution in [0.25, 0.3) is 0 Å². The highest BCUT2D eigenvalue weighted by molar-refractivity contribution is 6.01. The molecule has 1 heterocycles. The van der Waals surface area contributed by atoms with Crippen molar-refractivity contribution in [2.45, 2.75) is 25.8 Å². The van der Waals surface area contributed by atoms with Crippen molar-refractivity contribution in [3.63, 3.8) is 0 Å². The number of nitrogens with two attached hydrogens (primary N) is 1. The van der Waals surface area contributed by atoms with E-state index in [4.69, 9.17) is 10.9 Å². The number of amides is 1. The average Bonchev–Trinajstić information content (AvgIpc) is 3.20. The van der Waals surface area contributed by atoms with E-state index in [9.17, 15) is 4.79 Å². The minimum Gasteiger partial charge on any atom is -0.409 e. The summed E-state index contributed by atoms with van der Waals surface area (Å²) in [5.41, 5.74) is 5.45. The fraction of sp³-hybridized carbons (Fsp3) is 0.818. The first-order valence-electron chi connectivity index (χ1n) is 6.13. The molecule has 6 heteroatoms. The lowest BCUT2D eigenvalue weighted by Crippen LogP contribution is -2.52. The first kappa shape index (κ1) is 12.2. The van der Waals surface area contributed by atoms with Crippen molar-refractivity contribution in [2.24, 2.45) is 16.8 Å². The third-order valence-corrected chi connectivity index (χ3v) is 3.62. The predicted molar refractivity (Wildman–Crippen MR) is 63.7 cm³/mol. The second kappa shape index (κ2) is 4.91. The van der Waals surface area contributed by atoms with Gasteiger partial charge in [0.05, 0.1) is 5.92 Å². The largest absolute Gasteiger partial charge is 0.409 e. The molecule has 17 heavy (non-hydrogen) atoms. The Morgan fingerprint density at radius 2 is 1.94 bits per heavy atom. The highest BCUT2D eigenvalue weighted by Gasteiger charge is 2.33. The van der Waals surface area contributed by atoms with Crippen molar-refractivity contribution in [3.8, 4) is 0 Å². The molecule has 0 aromatic rings. The molecule has 1 aliphatic heterocycles. The van der Waals surface area contributed by atoms with Crippen molar-refractivity contribution in [2.75, 3.05) is 26.2 Å². The van der Waals surface area contributed by atoms with Crippen molar-refractivity contribution in [1.82, 2.24) is 9.80 Å². The monoisotopic (exact) mass is 240 g/mol. The van der Waals surface area contributed by atoms with Crippen molar-refractivity contribution in [3.05, 3.63) is 0 Å². The average molecular weight is 240 g/mol.